The third kappa shape index (κ3) is 1.80. The average molecular weight is 154 g/mol. The Bertz CT molecular complexity index is 161. The molecule has 1 amide bonds. The molecule has 1 fully saturated rings. The van der Waals surface area contributed by atoms with Crippen molar-refractivity contribution < 1.29 is 9.90 Å². The average Bonchev–Trinajstić information content (AvgIpc) is 2.53. The van der Waals surface area contributed by atoms with Crippen molar-refractivity contribution in [3.05, 3.63) is 12.7 Å². The third-order valence-electron chi connectivity index (χ3n) is 1.88. The molecule has 1 radical (unpaired) electrons. The van der Waals surface area contributed by atoms with Crippen molar-refractivity contribution in [3.63, 3.8) is 0 Å². The summed E-state index contributed by atoms with van der Waals surface area (Å²) in [6.07, 6.45) is 1.94. The van der Waals surface area contributed by atoms with Gasteiger partial charge in [-0.2, -0.15) is 0 Å². The van der Waals surface area contributed by atoms with E-state index in [4.69, 9.17) is 0 Å². The minimum atomic E-state index is -1.26. The van der Waals surface area contributed by atoms with E-state index in [1.165, 1.54) is 0 Å². The number of amides is 1. The highest BCUT2D eigenvalue weighted by Crippen LogP contribution is 2.09. The molecule has 0 N–H and O–H groups in total. The van der Waals surface area contributed by atoms with Crippen LogP contribution in [0.5, 0.6) is 0 Å². The van der Waals surface area contributed by atoms with Gasteiger partial charge in [0.15, 0.2) is 6.10 Å². The van der Waals surface area contributed by atoms with Crippen molar-refractivity contribution in [1.29, 1.82) is 0 Å². The number of carbonyl (C=O) groups excluding carboxylic acids is 1. The highest BCUT2D eigenvalue weighted by Gasteiger charge is 2.23. The Labute approximate surface area is 66.3 Å². The summed E-state index contributed by atoms with van der Waals surface area (Å²) >= 11 is 0. The highest BCUT2D eigenvalue weighted by atomic mass is 16.3. The molecule has 0 unspecified atom stereocenters. The van der Waals surface area contributed by atoms with Crippen molar-refractivity contribution in [2.24, 2.45) is 0 Å². The molecule has 0 bridgehead atoms. The fraction of sp³-hybridized carbons (Fsp3) is 0.625. The minimum Gasteiger partial charge on any atom is -0.340 e. The van der Waals surface area contributed by atoms with Gasteiger partial charge in [0.05, 0.1) is 0 Å². The zero-order valence-corrected chi connectivity index (χ0v) is 6.45. The summed E-state index contributed by atoms with van der Waals surface area (Å²) in [5, 5.41) is 10.9. The SMILES string of the molecule is C=C[C@H]([O])C(=O)N1CCCC1. The first-order valence-electron chi connectivity index (χ1n) is 3.83. The maximum Gasteiger partial charge on any atom is 0.259 e. The van der Waals surface area contributed by atoms with Crippen LogP contribution in [-0.2, 0) is 9.90 Å². The van der Waals surface area contributed by atoms with Gasteiger partial charge in [-0.25, -0.2) is 5.11 Å². The van der Waals surface area contributed by atoms with Crippen molar-refractivity contribution in [1.82, 2.24) is 4.90 Å². The first-order valence-corrected chi connectivity index (χ1v) is 3.83. The van der Waals surface area contributed by atoms with Gasteiger partial charge in [-0.1, -0.05) is 12.7 Å². The molecule has 0 aromatic rings. The maximum atomic E-state index is 11.1. The van der Waals surface area contributed by atoms with Crippen LogP contribution in [0.15, 0.2) is 12.7 Å². The van der Waals surface area contributed by atoms with Crippen molar-refractivity contribution in [2.75, 3.05) is 13.1 Å². The Balaban J connectivity index is 2.45. The lowest BCUT2D eigenvalue weighted by Crippen LogP contribution is -2.35. The second-order valence-corrected chi connectivity index (χ2v) is 2.69. The van der Waals surface area contributed by atoms with Crippen LogP contribution in [0.1, 0.15) is 12.8 Å². The van der Waals surface area contributed by atoms with Crippen LogP contribution in [0.3, 0.4) is 0 Å². The summed E-state index contributed by atoms with van der Waals surface area (Å²) in [7, 11) is 0. The van der Waals surface area contributed by atoms with Crippen LogP contribution in [-0.4, -0.2) is 30.0 Å². The van der Waals surface area contributed by atoms with Crippen LogP contribution < -0.4 is 0 Å². The Hall–Kier alpha value is -0.830. The van der Waals surface area contributed by atoms with Crippen molar-refractivity contribution in [3.8, 4) is 0 Å². The number of nitrogens with zero attached hydrogens (tertiary/aromatic N) is 1. The quantitative estimate of drug-likeness (QED) is 0.537. The maximum absolute atomic E-state index is 11.1. The van der Waals surface area contributed by atoms with E-state index in [1.807, 2.05) is 0 Å². The first kappa shape index (κ1) is 8.27. The second kappa shape index (κ2) is 3.53. The van der Waals surface area contributed by atoms with E-state index >= 15 is 0 Å². The summed E-state index contributed by atoms with van der Waals surface area (Å²) in [5.41, 5.74) is 0. The molecule has 0 aliphatic carbocycles. The lowest BCUT2D eigenvalue weighted by molar-refractivity contribution is -0.139. The Kier molecular flexibility index (Phi) is 2.65. The number of rotatable bonds is 2. The summed E-state index contributed by atoms with van der Waals surface area (Å²) in [6.45, 7) is 4.78. The predicted molar refractivity (Wildman–Crippen MR) is 40.5 cm³/mol. The van der Waals surface area contributed by atoms with E-state index in [2.05, 4.69) is 6.58 Å². The Morgan fingerprint density at radius 2 is 2.00 bits per heavy atom. The van der Waals surface area contributed by atoms with Crippen LogP contribution >= 0.6 is 0 Å². The van der Waals surface area contributed by atoms with E-state index in [0.29, 0.717) is 0 Å². The summed E-state index contributed by atoms with van der Waals surface area (Å²) < 4.78 is 0. The molecular weight excluding hydrogens is 142 g/mol. The number of hydrogen-bond acceptors (Lipinski definition) is 1. The molecule has 1 aliphatic rings. The Morgan fingerprint density at radius 3 is 2.45 bits per heavy atom. The zero-order valence-electron chi connectivity index (χ0n) is 6.45. The van der Waals surface area contributed by atoms with Gasteiger partial charge in [0.2, 0.25) is 0 Å². The third-order valence-corrected chi connectivity index (χ3v) is 1.88. The molecule has 0 aromatic carbocycles. The van der Waals surface area contributed by atoms with Gasteiger partial charge in [0.25, 0.3) is 5.91 Å². The standard InChI is InChI=1S/C8H12NO2/c1-2-7(10)8(11)9-5-3-4-6-9/h2,7H,1,3-6H2/t7-/m0/s1. The molecule has 0 spiro atoms. The van der Waals surface area contributed by atoms with Crippen molar-refractivity contribution >= 4 is 5.91 Å². The Morgan fingerprint density at radius 1 is 1.45 bits per heavy atom. The minimum absolute atomic E-state index is 0.322. The van der Waals surface area contributed by atoms with Gasteiger partial charge in [-0.15, -0.1) is 0 Å². The molecule has 3 nitrogen and oxygen atoms in total. The van der Waals surface area contributed by atoms with E-state index in [0.717, 1.165) is 32.0 Å². The molecule has 1 aliphatic heterocycles. The smallest absolute Gasteiger partial charge is 0.259 e. The fourth-order valence-corrected chi connectivity index (χ4v) is 1.22. The fourth-order valence-electron chi connectivity index (χ4n) is 1.22. The van der Waals surface area contributed by atoms with Gasteiger partial charge >= 0.3 is 0 Å². The van der Waals surface area contributed by atoms with Gasteiger partial charge in [0.1, 0.15) is 0 Å². The monoisotopic (exact) mass is 154 g/mol. The molecule has 1 saturated heterocycles. The first-order chi connectivity index (χ1) is 5.25. The number of hydrogen-bond donors (Lipinski definition) is 0. The highest BCUT2D eigenvalue weighted by molar-refractivity contribution is 5.82. The number of carbonyl (C=O) groups is 1. The van der Waals surface area contributed by atoms with Gasteiger partial charge in [0, 0.05) is 13.1 Å². The molecule has 0 aromatic heterocycles. The summed E-state index contributed by atoms with van der Waals surface area (Å²) in [4.78, 5) is 12.7. The lowest BCUT2D eigenvalue weighted by Gasteiger charge is -2.15. The van der Waals surface area contributed by atoms with Gasteiger partial charge < -0.3 is 4.90 Å². The summed E-state index contributed by atoms with van der Waals surface area (Å²) in [5.74, 6) is -0.322. The predicted octanol–water partition coefficient (Wildman–Crippen LogP) is 0.594. The van der Waals surface area contributed by atoms with Crippen molar-refractivity contribution in [2.45, 2.75) is 18.9 Å². The molecule has 61 valence electrons. The van der Waals surface area contributed by atoms with Crippen LogP contribution in [0.25, 0.3) is 0 Å². The lowest BCUT2D eigenvalue weighted by atomic mass is 10.3. The molecule has 3 heteroatoms. The van der Waals surface area contributed by atoms with E-state index in [1.54, 1.807) is 4.90 Å². The topological polar surface area (TPSA) is 40.2 Å². The van der Waals surface area contributed by atoms with Crippen LogP contribution in [0.2, 0.25) is 0 Å². The molecule has 0 saturated carbocycles. The van der Waals surface area contributed by atoms with Gasteiger partial charge in [-0.3, -0.25) is 4.79 Å². The number of likely N-dealkylation sites (tertiary alicyclic amines) is 1. The molecule has 1 heterocycles. The normalized spacial score (nSPS) is 19.9. The largest absolute Gasteiger partial charge is 0.340 e. The molecule has 11 heavy (non-hydrogen) atoms. The van der Waals surface area contributed by atoms with Gasteiger partial charge in [-0.05, 0) is 12.8 Å². The van der Waals surface area contributed by atoms with E-state index in [9.17, 15) is 9.90 Å². The summed E-state index contributed by atoms with van der Waals surface area (Å²) in [6, 6.07) is 0. The van der Waals surface area contributed by atoms with E-state index in [-0.39, 0.29) is 5.91 Å². The van der Waals surface area contributed by atoms with Crippen LogP contribution in [0, 0.1) is 0 Å². The molecule has 1 atom stereocenters. The molecular formula is C8H12NO2. The van der Waals surface area contributed by atoms with Crippen LogP contribution in [0.4, 0.5) is 0 Å². The second-order valence-electron chi connectivity index (χ2n) is 2.69. The zero-order chi connectivity index (χ0) is 8.27. The van der Waals surface area contributed by atoms with E-state index < -0.39 is 6.10 Å². The molecule has 1 rings (SSSR count).